The Bertz CT molecular complexity index is 1070. The summed E-state index contributed by atoms with van der Waals surface area (Å²) in [6.07, 6.45) is -1.00. The third-order valence-corrected chi connectivity index (χ3v) is 4.05. The second kappa shape index (κ2) is 9.34. The third-order valence-electron chi connectivity index (χ3n) is 4.05. The van der Waals surface area contributed by atoms with Crippen molar-refractivity contribution >= 4 is 17.6 Å². The summed E-state index contributed by atoms with van der Waals surface area (Å²) in [4.78, 5) is 23.8. The number of carbonyl (C=O) groups is 2. The first-order chi connectivity index (χ1) is 14.5. The van der Waals surface area contributed by atoms with Crippen molar-refractivity contribution < 1.29 is 23.5 Å². The highest BCUT2D eigenvalue weighted by molar-refractivity contribution is 5.93. The molecule has 2 aromatic carbocycles. The Labute approximate surface area is 172 Å². The van der Waals surface area contributed by atoms with E-state index in [-0.39, 0.29) is 17.9 Å². The fourth-order valence-corrected chi connectivity index (χ4v) is 2.49. The highest BCUT2D eigenvalue weighted by atomic mass is 16.6. The molecule has 9 nitrogen and oxygen atoms in total. The predicted molar refractivity (Wildman–Crippen MR) is 105 cm³/mol. The second-order valence-corrected chi connectivity index (χ2v) is 6.18. The van der Waals surface area contributed by atoms with E-state index in [0.29, 0.717) is 22.9 Å². The Hall–Kier alpha value is -4.19. The Morgan fingerprint density at radius 1 is 1.13 bits per heavy atom. The van der Waals surface area contributed by atoms with Crippen molar-refractivity contribution in [1.82, 2.24) is 10.2 Å². The smallest absolute Gasteiger partial charge is 0.338 e. The summed E-state index contributed by atoms with van der Waals surface area (Å²) in [6.45, 7) is 1.62. The molecular weight excluding hydrogens is 388 g/mol. The molecule has 0 aliphatic carbocycles. The van der Waals surface area contributed by atoms with Crippen molar-refractivity contribution in [3.05, 3.63) is 60.0 Å². The first-order valence-corrected chi connectivity index (χ1v) is 8.96. The van der Waals surface area contributed by atoms with Gasteiger partial charge >= 0.3 is 5.97 Å². The van der Waals surface area contributed by atoms with E-state index < -0.39 is 18.0 Å². The molecule has 0 spiro atoms. The average molecular weight is 406 g/mol. The summed E-state index contributed by atoms with van der Waals surface area (Å²) in [7, 11) is 1.58. The molecule has 9 heteroatoms. The maximum absolute atomic E-state index is 12.4. The zero-order valence-electron chi connectivity index (χ0n) is 16.3. The lowest BCUT2D eigenvalue weighted by Crippen LogP contribution is -2.11. The van der Waals surface area contributed by atoms with Crippen molar-refractivity contribution in [2.75, 3.05) is 12.4 Å². The van der Waals surface area contributed by atoms with E-state index in [1.54, 1.807) is 56.5 Å². The zero-order valence-corrected chi connectivity index (χ0v) is 16.3. The molecule has 0 fully saturated rings. The fraction of sp³-hybridized carbons (Fsp3) is 0.190. The van der Waals surface area contributed by atoms with Gasteiger partial charge in [0, 0.05) is 11.3 Å². The number of hydrogen-bond acceptors (Lipinski definition) is 8. The minimum Gasteiger partial charge on any atom is -0.497 e. The van der Waals surface area contributed by atoms with E-state index in [1.165, 1.54) is 12.1 Å². The minimum absolute atomic E-state index is 0.162. The van der Waals surface area contributed by atoms with E-state index in [4.69, 9.17) is 19.2 Å². The number of hydrogen-bond donors (Lipinski definition) is 1. The minimum atomic E-state index is -0.757. The SMILES string of the molecule is COc1ccc(-c2nnc([C@H](C)OC(=O)c3ccc(NC(=O)CC#N)cc3)o2)cc1. The maximum Gasteiger partial charge on any atom is 0.338 e. The number of nitrogens with zero attached hydrogens (tertiary/aromatic N) is 3. The first kappa shape index (κ1) is 20.5. The Morgan fingerprint density at radius 2 is 1.83 bits per heavy atom. The number of nitrogens with one attached hydrogen (secondary N) is 1. The van der Waals surface area contributed by atoms with E-state index >= 15 is 0 Å². The molecule has 0 unspecified atom stereocenters. The van der Waals surface area contributed by atoms with Gasteiger partial charge in [0.25, 0.3) is 5.89 Å². The lowest BCUT2D eigenvalue weighted by atomic mass is 10.2. The first-order valence-electron chi connectivity index (χ1n) is 8.96. The molecule has 3 rings (SSSR count). The molecule has 0 bridgehead atoms. The molecule has 1 atom stereocenters. The molecular formula is C21H18N4O5. The number of nitriles is 1. The number of benzene rings is 2. The van der Waals surface area contributed by atoms with E-state index in [1.807, 2.05) is 0 Å². The van der Waals surface area contributed by atoms with Gasteiger partial charge in [-0.2, -0.15) is 5.26 Å². The largest absolute Gasteiger partial charge is 0.497 e. The van der Waals surface area contributed by atoms with Gasteiger partial charge in [0.05, 0.1) is 18.7 Å². The van der Waals surface area contributed by atoms with E-state index in [2.05, 4.69) is 15.5 Å². The quantitative estimate of drug-likeness (QED) is 0.590. The van der Waals surface area contributed by atoms with Crippen LogP contribution >= 0.6 is 0 Å². The van der Waals surface area contributed by atoms with Crippen LogP contribution in [0.2, 0.25) is 0 Å². The zero-order chi connectivity index (χ0) is 21.5. The van der Waals surface area contributed by atoms with Crippen LogP contribution in [0.1, 0.15) is 35.7 Å². The molecule has 3 aromatic rings. The lowest BCUT2D eigenvalue weighted by Gasteiger charge is -2.10. The summed E-state index contributed by atoms with van der Waals surface area (Å²) < 4.78 is 16.1. The summed E-state index contributed by atoms with van der Waals surface area (Å²) in [5.41, 5.74) is 1.47. The number of anilines is 1. The third kappa shape index (κ3) is 4.99. The van der Waals surface area contributed by atoms with Crippen LogP contribution in [0, 0.1) is 11.3 Å². The second-order valence-electron chi connectivity index (χ2n) is 6.18. The number of methoxy groups -OCH3 is 1. The topological polar surface area (TPSA) is 127 Å². The van der Waals surface area contributed by atoms with Gasteiger partial charge in [-0.25, -0.2) is 4.79 Å². The monoisotopic (exact) mass is 406 g/mol. The van der Waals surface area contributed by atoms with Crippen LogP contribution in [-0.4, -0.2) is 29.2 Å². The van der Waals surface area contributed by atoms with Crippen LogP contribution in [0.4, 0.5) is 5.69 Å². The molecule has 1 N–H and O–H groups in total. The number of amides is 1. The Balaban J connectivity index is 1.62. The standard InChI is InChI=1S/C21H18N4O5/c1-13(19-24-25-20(30-19)14-5-9-17(28-2)10-6-14)29-21(27)15-3-7-16(8-4-15)23-18(26)11-12-22/h3-10,13H,11H2,1-2H3,(H,23,26)/t13-/m0/s1. The van der Waals surface area contributed by atoms with Crippen LogP contribution < -0.4 is 10.1 Å². The molecule has 1 heterocycles. The molecule has 0 aliphatic heterocycles. The van der Waals surface area contributed by atoms with Gasteiger partial charge in [-0.15, -0.1) is 10.2 Å². The van der Waals surface area contributed by atoms with Crippen molar-refractivity contribution in [1.29, 1.82) is 5.26 Å². The number of rotatable bonds is 7. The summed E-state index contributed by atoms with van der Waals surface area (Å²) in [5, 5.41) is 19.0. The molecule has 0 saturated heterocycles. The van der Waals surface area contributed by atoms with Crippen molar-refractivity contribution in [2.45, 2.75) is 19.4 Å². The highest BCUT2D eigenvalue weighted by Crippen LogP contribution is 2.25. The highest BCUT2D eigenvalue weighted by Gasteiger charge is 2.20. The average Bonchev–Trinajstić information content (AvgIpc) is 3.25. The van der Waals surface area contributed by atoms with Crippen LogP contribution in [0.15, 0.2) is 52.9 Å². The number of esters is 1. The van der Waals surface area contributed by atoms with Gasteiger partial charge in [-0.05, 0) is 55.5 Å². The Kier molecular flexibility index (Phi) is 6.39. The van der Waals surface area contributed by atoms with Crippen molar-refractivity contribution in [3.63, 3.8) is 0 Å². The van der Waals surface area contributed by atoms with Gasteiger partial charge in [0.15, 0.2) is 6.10 Å². The number of ether oxygens (including phenoxy) is 2. The Morgan fingerprint density at radius 3 is 2.47 bits per heavy atom. The van der Waals surface area contributed by atoms with Crippen LogP contribution in [-0.2, 0) is 9.53 Å². The van der Waals surface area contributed by atoms with Gasteiger partial charge in [-0.3, -0.25) is 4.79 Å². The molecule has 0 aliphatic rings. The number of aromatic nitrogens is 2. The van der Waals surface area contributed by atoms with Crippen molar-refractivity contribution in [2.24, 2.45) is 0 Å². The summed E-state index contributed by atoms with van der Waals surface area (Å²) >= 11 is 0. The molecule has 1 amide bonds. The maximum atomic E-state index is 12.4. The van der Waals surface area contributed by atoms with Gasteiger partial charge < -0.3 is 19.2 Å². The van der Waals surface area contributed by atoms with E-state index in [0.717, 1.165) is 0 Å². The normalized spacial score (nSPS) is 11.2. The van der Waals surface area contributed by atoms with Crippen LogP contribution in [0.25, 0.3) is 11.5 Å². The van der Waals surface area contributed by atoms with E-state index in [9.17, 15) is 9.59 Å². The predicted octanol–water partition coefficient (Wildman–Crippen LogP) is 3.52. The lowest BCUT2D eigenvalue weighted by molar-refractivity contribution is -0.115. The molecule has 152 valence electrons. The molecule has 0 saturated carbocycles. The van der Waals surface area contributed by atoms with Crippen molar-refractivity contribution in [3.8, 4) is 23.3 Å². The molecule has 0 radical (unpaired) electrons. The molecule has 30 heavy (non-hydrogen) atoms. The van der Waals surface area contributed by atoms with Gasteiger partial charge in [-0.1, -0.05) is 0 Å². The van der Waals surface area contributed by atoms with Crippen LogP contribution in [0.3, 0.4) is 0 Å². The summed E-state index contributed by atoms with van der Waals surface area (Å²) in [6, 6.07) is 15.0. The number of carbonyl (C=O) groups excluding carboxylic acids is 2. The van der Waals surface area contributed by atoms with Crippen LogP contribution in [0.5, 0.6) is 5.75 Å². The molecule has 1 aromatic heterocycles. The fourth-order valence-electron chi connectivity index (χ4n) is 2.49. The van der Waals surface area contributed by atoms with Gasteiger partial charge in [0.2, 0.25) is 11.8 Å². The van der Waals surface area contributed by atoms with Gasteiger partial charge in [0.1, 0.15) is 12.2 Å². The summed E-state index contributed by atoms with van der Waals surface area (Å²) in [5.74, 6) is 0.158.